The minimum Gasteiger partial charge on any atom is -0.507 e. The van der Waals surface area contributed by atoms with Crippen LogP contribution in [0, 0.1) is 0 Å². The fourth-order valence-electron chi connectivity index (χ4n) is 4.83. The number of halogens is 1. The third-order valence-electron chi connectivity index (χ3n) is 6.21. The van der Waals surface area contributed by atoms with Crippen LogP contribution in [0.2, 0.25) is 5.02 Å². The Morgan fingerprint density at radius 3 is 2.60 bits per heavy atom. The van der Waals surface area contributed by atoms with E-state index in [1.54, 1.807) is 29.2 Å². The molecule has 1 aliphatic heterocycles. The monoisotopic (exact) mass is 420 g/mol. The van der Waals surface area contributed by atoms with Crippen LogP contribution in [0.5, 0.6) is 0 Å². The number of ketones is 1. The number of amides is 1. The summed E-state index contributed by atoms with van der Waals surface area (Å²) in [4.78, 5) is 31.2. The molecule has 1 atom stereocenters. The number of likely N-dealkylation sites (tertiary alicyclic amines) is 1. The average Bonchev–Trinajstić information content (AvgIpc) is 3.47. The molecule has 2 aliphatic rings. The Hall–Kier alpha value is -3.05. The molecule has 1 aliphatic carbocycles. The summed E-state index contributed by atoms with van der Waals surface area (Å²) < 4.78 is 0. The zero-order valence-electron chi connectivity index (χ0n) is 16.3. The van der Waals surface area contributed by atoms with Crippen molar-refractivity contribution < 1.29 is 14.7 Å². The lowest BCUT2D eigenvalue weighted by molar-refractivity contribution is -0.141. The minimum atomic E-state index is -0.644. The van der Waals surface area contributed by atoms with Crippen molar-refractivity contribution in [3.05, 3.63) is 76.5 Å². The zero-order chi connectivity index (χ0) is 20.8. The first kappa shape index (κ1) is 18.9. The molecule has 3 aromatic rings. The molecule has 30 heavy (non-hydrogen) atoms. The minimum absolute atomic E-state index is 0.00947. The van der Waals surface area contributed by atoms with Gasteiger partial charge in [0.2, 0.25) is 0 Å². The van der Waals surface area contributed by atoms with Gasteiger partial charge in [-0.1, -0.05) is 54.8 Å². The van der Waals surface area contributed by atoms with Crippen LogP contribution in [0.15, 0.2) is 60.3 Å². The quantitative estimate of drug-likeness (QED) is 0.348. The Morgan fingerprint density at radius 2 is 1.83 bits per heavy atom. The van der Waals surface area contributed by atoms with Crippen molar-refractivity contribution >= 4 is 40.0 Å². The van der Waals surface area contributed by atoms with Crippen LogP contribution < -0.4 is 0 Å². The smallest absolute Gasteiger partial charge is 0.295 e. The van der Waals surface area contributed by atoms with E-state index in [0.717, 1.165) is 42.1 Å². The Balaban J connectivity index is 1.74. The highest BCUT2D eigenvalue weighted by atomic mass is 35.5. The Kier molecular flexibility index (Phi) is 4.63. The van der Waals surface area contributed by atoms with E-state index in [-0.39, 0.29) is 17.4 Å². The van der Waals surface area contributed by atoms with E-state index < -0.39 is 17.7 Å². The Bertz CT molecular complexity index is 1190. The number of nitrogens with one attached hydrogen (secondary N) is 1. The molecule has 0 spiro atoms. The number of carbonyl (C=O) groups excluding carboxylic acids is 2. The van der Waals surface area contributed by atoms with Gasteiger partial charge >= 0.3 is 0 Å². The number of H-pyrrole nitrogens is 1. The number of rotatable bonds is 3. The second-order valence-corrected chi connectivity index (χ2v) is 8.38. The molecule has 2 fully saturated rings. The van der Waals surface area contributed by atoms with Gasteiger partial charge in [-0.3, -0.25) is 9.59 Å². The van der Waals surface area contributed by atoms with Gasteiger partial charge < -0.3 is 15.0 Å². The largest absolute Gasteiger partial charge is 0.507 e. The van der Waals surface area contributed by atoms with Crippen LogP contribution in [0.4, 0.5) is 0 Å². The fourth-order valence-corrected chi connectivity index (χ4v) is 5.02. The summed E-state index contributed by atoms with van der Waals surface area (Å²) in [5.41, 5.74) is 2.29. The summed E-state index contributed by atoms with van der Waals surface area (Å²) in [6.07, 6.45) is 5.63. The first-order chi connectivity index (χ1) is 14.6. The number of aromatic nitrogens is 1. The topological polar surface area (TPSA) is 73.4 Å². The van der Waals surface area contributed by atoms with Crippen LogP contribution in [0.25, 0.3) is 16.7 Å². The van der Waals surface area contributed by atoms with Gasteiger partial charge in [-0.05, 0) is 31.0 Å². The van der Waals surface area contributed by atoms with Gasteiger partial charge in [0.05, 0.1) is 11.6 Å². The summed E-state index contributed by atoms with van der Waals surface area (Å²) in [7, 11) is 0. The Labute approximate surface area is 179 Å². The standard InChI is InChI=1S/C24H21ClN2O3/c25-15-7-5-6-14(12-15)22(28)20-21(18-13-26-19-11-4-3-10-17(18)19)27(24(30)23(20)29)16-8-1-2-9-16/h3-7,10-13,16,21,26,28H,1-2,8-9H2/b22-20+. The average molecular weight is 421 g/mol. The second kappa shape index (κ2) is 7.33. The predicted octanol–water partition coefficient (Wildman–Crippen LogP) is 5.19. The van der Waals surface area contributed by atoms with Crippen LogP contribution in [-0.4, -0.2) is 32.7 Å². The number of hydrogen-bond donors (Lipinski definition) is 2. The summed E-state index contributed by atoms with van der Waals surface area (Å²) >= 11 is 6.11. The lowest BCUT2D eigenvalue weighted by Gasteiger charge is -2.30. The van der Waals surface area contributed by atoms with Crippen LogP contribution in [-0.2, 0) is 9.59 Å². The maximum absolute atomic E-state index is 13.2. The van der Waals surface area contributed by atoms with E-state index in [0.29, 0.717) is 10.6 Å². The number of benzene rings is 2. The number of aliphatic hydroxyl groups excluding tert-OH is 1. The molecule has 1 unspecified atom stereocenters. The van der Waals surface area contributed by atoms with Gasteiger partial charge in [0.15, 0.2) is 0 Å². The van der Waals surface area contributed by atoms with Crippen LogP contribution in [0.3, 0.4) is 0 Å². The van der Waals surface area contributed by atoms with Crippen LogP contribution >= 0.6 is 11.6 Å². The highest BCUT2D eigenvalue weighted by Gasteiger charge is 2.49. The van der Waals surface area contributed by atoms with Crippen molar-refractivity contribution in [1.82, 2.24) is 9.88 Å². The van der Waals surface area contributed by atoms with E-state index in [4.69, 9.17) is 11.6 Å². The van der Waals surface area contributed by atoms with E-state index in [1.807, 2.05) is 30.5 Å². The number of fused-ring (bicyclic) bond motifs is 1. The molecule has 6 heteroatoms. The van der Waals surface area contributed by atoms with Crippen molar-refractivity contribution in [2.75, 3.05) is 0 Å². The van der Waals surface area contributed by atoms with Crippen molar-refractivity contribution in [2.45, 2.75) is 37.8 Å². The number of Topliss-reactive ketones (excluding diaryl/α,β-unsaturated/α-hetero) is 1. The van der Waals surface area contributed by atoms with Crippen LogP contribution in [0.1, 0.15) is 42.9 Å². The Morgan fingerprint density at radius 1 is 1.07 bits per heavy atom. The molecule has 0 radical (unpaired) electrons. The number of nitrogens with zero attached hydrogens (tertiary/aromatic N) is 1. The van der Waals surface area contributed by atoms with Gasteiger partial charge in [0, 0.05) is 39.3 Å². The van der Waals surface area contributed by atoms with Crippen molar-refractivity contribution in [3.8, 4) is 0 Å². The number of para-hydroxylation sites is 1. The van der Waals surface area contributed by atoms with Crippen molar-refractivity contribution in [3.63, 3.8) is 0 Å². The zero-order valence-corrected chi connectivity index (χ0v) is 17.0. The SMILES string of the molecule is O=C1C(=O)N(C2CCCC2)C(c2c[nH]c3ccccc23)/C1=C(\O)c1cccc(Cl)c1. The lowest BCUT2D eigenvalue weighted by Crippen LogP contribution is -2.37. The number of aliphatic hydroxyl groups is 1. The molecule has 2 aromatic carbocycles. The third-order valence-corrected chi connectivity index (χ3v) is 6.45. The second-order valence-electron chi connectivity index (χ2n) is 7.94. The molecule has 5 rings (SSSR count). The molecular formula is C24H21ClN2O3. The van der Waals surface area contributed by atoms with Gasteiger partial charge in [0.25, 0.3) is 11.7 Å². The van der Waals surface area contributed by atoms with Gasteiger partial charge in [-0.15, -0.1) is 0 Å². The van der Waals surface area contributed by atoms with E-state index >= 15 is 0 Å². The summed E-state index contributed by atoms with van der Waals surface area (Å²) in [6, 6.07) is 13.8. The third kappa shape index (κ3) is 2.92. The van der Waals surface area contributed by atoms with Gasteiger partial charge in [-0.25, -0.2) is 0 Å². The van der Waals surface area contributed by atoms with Gasteiger partial charge in [-0.2, -0.15) is 0 Å². The molecule has 2 N–H and O–H groups in total. The molecule has 1 saturated heterocycles. The predicted molar refractivity (Wildman–Crippen MR) is 116 cm³/mol. The summed E-state index contributed by atoms with van der Waals surface area (Å²) in [5.74, 6) is -1.37. The number of aromatic amines is 1. The van der Waals surface area contributed by atoms with Gasteiger partial charge in [0.1, 0.15) is 5.76 Å². The summed E-state index contributed by atoms with van der Waals surface area (Å²) in [5, 5.41) is 12.5. The van der Waals surface area contributed by atoms with E-state index in [1.165, 1.54) is 0 Å². The van der Waals surface area contributed by atoms with Crippen molar-refractivity contribution in [2.24, 2.45) is 0 Å². The first-order valence-corrected chi connectivity index (χ1v) is 10.6. The molecule has 1 saturated carbocycles. The highest BCUT2D eigenvalue weighted by molar-refractivity contribution is 6.47. The molecular weight excluding hydrogens is 400 g/mol. The van der Waals surface area contributed by atoms with E-state index in [9.17, 15) is 14.7 Å². The molecule has 152 valence electrons. The molecule has 1 amide bonds. The molecule has 2 heterocycles. The maximum Gasteiger partial charge on any atom is 0.295 e. The maximum atomic E-state index is 13.2. The molecule has 0 bridgehead atoms. The highest BCUT2D eigenvalue weighted by Crippen LogP contribution is 2.45. The first-order valence-electron chi connectivity index (χ1n) is 10.2. The normalized spacial score (nSPS) is 21.8. The molecule has 1 aromatic heterocycles. The van der Waals surface area contributed by atoms with Crippen molar-refractivity contribution in [1.29, 1.82) is 0 Å². The molecule has 5 nitrogen and oxygen atoms in total. The fraction of sp³-hybridized carbons (Fsp3) is 0.250. The number of carbonyl (C=O) groups is 2. The lowest BCUT2D eigenvalue weighted by atomic mass is 9.94. The number of hydrogen-bond acceptors (Lipinski definition) is 3. The van der Waals surface area contributed by atoms with E-state index in [2.05, 4.69) is 4.98 Å². The summed E-state index contributed by atoms with van der Waals surface area (Å²) in [6.45, 7) is 0.